The fourth-order valence-corrected chi connectivity index (χ4v) is 2.46. The number of hydrogen-bond acceptors (Lipinski definition) is 6. The highest BCUT2D eigenvalue weighted by molar-refractivity contribution is 5.78. The average molecular weight is 348 g/mol. The molecule has 0 atom stereocenters. The van der Waals surface area contributed by atoms with E-state index in [2.05, 4.69) is 27.1 Å². The number of methoxy groups -OCH3 is 2. The summed E-state index contributed by atoms with van der Waals surface area (Å²) < 4.78 is 10.5. The molecule has 0 saturated heterocycles. The van der Waals surface area contributed by atoms with E-state index in [1.165, 1.54) is 0 Å². The van der Waals surface area contributed by atoms with Crippen LogP contribution in [-0.4, -0.2) is 35.9 Å². The minimum atomic E-state index is 0.452. The Bertz CT molecular complexity index is 877. The lowest BCUT2D eigenvalue weighted by Crippen LogP contribution is -2.06. The van der Waals surface area contributed by atoms with Gasteiger partial charge < -0.3 is 14.8 Å². The topological polar surface area (TPSA) is 69.2 Å². The third kappa shape index (κ3) is 3.80. The van der Waals surface area contributed by atoms with E-state index in [4.69, 9.17) is 9.47 Å². The highest BCUT2D eigenvalue weighted by atomic mass is 16.5. The zero-order valence-corrected chi connectivity index (χ0v) is 14.8. The molecule has 0 spiro atoms. The van der Waals surface area contributed by atoms with Crippen molar-refractivity contribution in [3.05, 3.63) is 61.2 Å². The smallest absolute Gasteiger partial charge is 0.243 e. The molecule has 0 aliphatic carbocycles. The Hall–Kier alpha value is -3.41. The van der Waals surface area contributed by atoms with Crippen LogP contribution in [0.15, 0.2) is 61.2 Å². The summed E-state index contributed by atoms with van der Waals surface area (Å²) in [6, 6.07) is 15.3. The van der Waals surface area contributed by atoms with E-state index in [0.29, 0.717) is 18.2 Å². The Morgan fingerprint density at radius 2 is 1.38 bits per heavy atom. The van der Waals surface area contributed by atoms with Crippen molar-refractivity contribution >= 4 is 5.95 Å². The average Bonchev–Trinajstić information content (AvgIpc) is 2.72. The van der Waals surface area contributed by atoms with Crippen molar-refractivity contribution < 1.29 is 9.47 Å². The van der Waals surface area contributed by atoms with Gasteiger partial charge in [0.2, 0.25) is 5.95 Å². The van der Waals surface area contributed by atoms with Crippen LogP contribution in [0.25, 0.3) is 22.5 Å². The van der Waals surface area contributed by atoms with Gasteiger partial charge in [-0.3, -0.25) is 0 Å². The Balaban J connectivity index is 2.07. The zero-order valence-electron chi connectivity index (χ0n) is 14.8. The molecule has 3 aromatic rings. The number of rotatable bonds is 7. The zero-order chi connectivity index (χ0) is 18.4. The Kier molecular flexibility index (Phi) is 5.43. The molecule has 0 saturated carbocycles. The Morgan fingerprint density at radius 1 is 0.846 bits per heavy atom. The fourth-order valence-electron chi connectivity index (χ4n) is 2.46. The number of hydrogen-bond donors (Lipinski definition) is 1. The van der Waals surface area contributed by atoms with Gasteiger partial charge in [-0.05, 0) is 48.5 Å². The van der Waals surface area contributed by atoms with Gasteiger partial charge in [0.05, 0.1) is 14.2 Å². The van der Waals surface area contributed by atoms with Crippen LogP contribution in [0.2, 0.25) is 0 Å². The molecule has 0 bridgehead atoms. The van der Waals surface area contributed by atoms with Crippen molar-refractivity contribution in [2.45, 2.75) is 0 Å². The van der Waals surface area contributed by atoms with Gasteiger partial charge in [0.15, 0.2) is 0 Å². The van der Waals surface area contributed by atoms with Crippen LogP contribution in [0.1, 0.15) is 0 Å². The van der Waals surface area contributed by atoms with Gasteiger partial charge in [-0.15, -0.1) is 16.8 Å². The molecule has 0 unspecified atom stereocenters. The SMILES string of the molecule is C=CCNc1nnc(-c2ccc(OC)cc2)c(-c2ccc(OC)cc2)n1. The van der Waals surface area contributed by atoms with Crippen molar-refractivity contribution in [2.75, 3.05) is 26.1 Å². The molecule has 0 amide bonds. The van der Waals surface area contributed by atoms with Gasteiger partial charge in [0, 0.05) is 17.7 Å². The van der Waals surface area contributed by atoms with Gasteiger partial charge >= 0.3 is 0 Å². The Morgan fingerprint density at radius 3 is 1.88 bits per heavy atom. The lowest BCUT2D eigenvalue weighted by atomic mass is 10.0. The predicted octanol–water partition coefficient (Wildman–Crippen LogP) is 3.82. The molecule has 0 radical (unpaired) electrons. The van der Waals surface area contributed by atoms with Gasteiger partial charge in [-0.2, -0.15) is 0 Å². The first-order valence-corrected chi connectivity index (χ1v) is 8.13. The number of benzene rings is 2. The van der Waals surface area contributed by atoms with E-state index in [9.17, 15) is 0 Å². The second-order valence-corrected chi connectivity index (χ2v) is 5.46. The molecule has 6 nitrogen and oxygen atoms in total. The lowest BCUT2D eigenvalue weighted by molar-refractivity contribution is 0.414. The largest absolute Gasteiger partial charge is 0.497 e. The van der Waals surface area contributed by atoms with Crippen molar-refractivity contribution in [1.82, 2.24) is 15.2 Å². The normalized spacial score (nSPS) is 10.2. The van der Waals surface area contributed by atoms with Crippen molar-refractivity contribution in [1.29, 1.82) is 0 Å². The monoisotopic (exact) mass is 348 g/mol. The second-order valence-electron chi connectivity index (χ2n) is 5.46. The quantitative estimate of drug-likeness (QED) is 0.655. The highest BCUT2D eigenvalue weighted by Gasteiger charge is 2.14. The highest BCUT2D eigenvalue weighted by Crippen LogP contribution is 2.31. The Labute approximate surface area is 152 Å². The van der Waals surface area contributed by atoms with Crippen LogP contribution in [0.4, 0.5) is 5.95 Å². The number of ether oxygens (including phenoxy) is 2. The van der Waals surface area contributed by atoms with E-state index >= 15 is 0 Å². The first-order valence-electron chi connectivity index (χ1n) is 8.13. The van der Waals surface area contributed by atoms with E-state index < -0.39 is 0 Å². The summed E-state index contributed by atoms with van der Waals surface area (Å²) in [7, 11) is 3.28. The molecule has 132 valence electrons. The van der Waals surface area contributed by atoms with Crippen LogP contribution in [-0.2, 0) is 0 Å². The van der Waals surface area contributed by atoms with Crippen LogP contribution < -0.4 is 14.8 Å². The van der Waals surface area contributed by atoms with E-state index in [0.717, 1.165) is 28.3 Å². The third-order valence-corrected chi connectivity index (χ3v) is 3.82. The number of anilines is 1. The van der Waals surface area contributed by atoms with Crippen LogP contribution in [0.5, 0.6) is 11.5 Å². The van der Waals surface area contributed by atoms with Gasteiger partial charge in [0.1, 0.15) is 22.9 Å². The first-order chi connectivity index (χ1) is 12.7. The van der Waals surface area contributed by atoms with Gasteiger partial charge in [0.25, 0.3) is 0 Å². The molecule has 1 N–H and O–H groups in total. The van der Waals surface area contributed by atoms with Crippen molar-refractivity contribution in [3.8, 4) is 34.0 Å². The second kappa shape index (κ2) is 8.11. The van der Waals surface area contributed by atoms with Crippen LogP contribution in [0, 0.1) is 0 Å². The molecule has 0 aliphatic heterocycles. The molecule has 2 aromatic carbocycles. The van der Waals surface area contributed by atoms with Gasteiger partial charge in [-0.25, -0.2) is 4.98 Å². The lowest BCUT2D eigenvalue weighted by Gasteiger charge is -2.11. The molecule has 0 fully saturated rings. The number of nitrogens with one attached hydrogen (secondary N) is 1. The molecule has 1 aromatic heterocycles. The maximum absolute atomic E-state index is 5.24. The maximum Gasteiger partial charge on any atom is 0.243 e. The minimum Gasteiger partial charge on any atom is -0.497 e. The maximum atomic E-state index is 5.24. The fraction of sp³-hybridized carbons (Fsp3) is 0.150. The molecular formula is C20H20N4O2. The standard InChI is InChI=1S/C20H20N4O2/c1-4-13-21-20-22-18(14-5-9-16(25-2)10-6-14)19(23-24-20)15-7-11-17(26-3)12-8-15/h4-12H,1,13H2,2-3H3,(H,21,22,24). The summed E-state index contributed by atoms with van der Waals surface area (Å²) in [4.78, 5) is 4.65. The number of aromatic nitrogens is 3. The van der Waals surface area contributed by atoms with Crippen LogP contribution in [0.3, 0.4) is 0 Å². The summed E-state index contributed by atoms with van der Waals surface area (Å²) in [5.74, 6) is 2.02. The van der Waals surface area contributed by atoms with E-state index in [-0.39, 0.29) is 0 Å². The summed E-state index contributed by atoms with van der Waals surface area (Å²) in [6.07, 6.45) is 1.74. The summed E-state index contributed by atoms with van der Waals surface area (Å²) >= 11 is 0. The van der Waals surface area contributed by atoms with Crippen molar-refractivity contribution in [3.63, 3.8) is 0 Å². The third-order valence-electron chi connectivity index (χ3n) is 3.82. The van der Waals surface area contributed by atoms with Crippen molar-refractivity contribution in [2.24, 2.45) is 0 Å². The summed E-state index contributed by atoms with van der Waals surface area (Å²) in [5, 5.41) is 11.7. The van der Waals surface area contributed by atoms with Gasteiger partial charge in [-0.1, -0.05) is 6.08 Å². The van der Waals surface area contributed by atoms with E-state index in [1.54, 1.807) is 20.3 Å². The van der Waals surface area contributed by atoms with Crippen LogP contribution >= 0.6 is 0 Å². The number of nitrogens with zero attached hydrogens (tertiary/aromatic N) is 3. The first kappa shape index (κ1) is 17.4. The molecule has 26 heavy (non-hydrogen) atoms. The molecule has 0 aliphatic rings. The summed E-state index contributed by atoms with van der Waals surface area (Å²) in [6.45, 7) is 4.25. The minimum absolute atomic E-state index is 0.452. The predicted molar refractivity (Wildman–Crippen MR) is 102 cm³/mol. The molecular weight excluding hydrogens is 328 g/mol. The molecule has 1 heterocycles. The summed E-state index contributed by atoms with van der Waals surface area (Å²) in [5.41, 5.74) is 3.27. The van der Waals surface area contributed by atoms with E-state index in [1.807, 2.05) is 48.5 Å². The molecule has 3 rings (SSSR count). The molecule has 6 heteroatoms.